The lowest BCUT2D eigenvalue weighted by Crippen LogP contribution is -2.28. The van der Waals surface area contributed by atoms with Crippen LogP contribution in [0.2, 0.25) is 0 Å². The van der Waals surface area contributed by atoms with Gasteiger partial charge in [-0.25, -0.2) is 9.37 Å². The van der Waals surface area contributed by atoms with E-state index in [-0.39, 0.29) is 23.1 Å². The largest absolute Gasteiger partial charge is 0.381 e. The number of anilines is 3. The molecule has 2 saturated heterocycles. The molecule has 2 N–H and O–H groups in total. The molecule has 0 atom stereocenters. The lowest BCUT2D eigenvalue weighted by molar-refractivity contribution is -0.122. The fourth-order valence-corrected chi connectivity index (χ4v) is 4.15. The maximum absolute atomic E-state index is 14.1. The van der Waals surface area contributed by atoms with E-state index in [1.54, 1.807) is 12.3 Å². The molecular weight excluding hydrogens is 411 g/mol. The van der Waals surface area contributed by atoms with Crippen molar-refractivity contribution in [2.75, 3.05) is 41.8 Å². The van der Waals surface area contributed by atoms with Gasteiger partial charge in [0.2, 0.25) is 5.91 Å². The first-order valence-corrected chi connectivity index (χ1v) is 11.3. The molecule has 0 saturated carbocycles. The van der Waals surface area contributed by atoms with Crippen molar-refractivity contribution in [3.05, 3.63) is 47.9 Å². The summed E-state index contributed by atoms with van der Waals surface area (Å²) in [6.07, 6.45) is 7.70. The summed E-state index contributed by atoms with van der Waals surface area (Å²) in [6, 6.07) is 7.54. The fourth-order valence-electron chi connectivity index (χ4n) is 4.15. The maximum atomic E-state index is 14.1. The quantitative estimate of drug-likeness (QED) is 0.727. The van der Waals surface area contributed by atoms with Crippen molar-refractivity contribution in [1.82, 2.24) is 4.98 Å². The molecule has 1 aromatic heterocycles. The molecule has 0 spiro atoms. The first-order chi connectivity index (χ1) is 15.6. The van der Waals surface area contributed by atoms with Crippen LogP contribution < -0.4 is 15.5 Å². The van der Waals surface area contributed by atoms with Gasteiger partial charge in [0.25, 0.3) is 5.91 Å². The van der Waals surface area contributed by atoms with Crippen LogP contribution in [0.25, 0.3) is 0 Å². The minimum absolute atomic E-state index is 0.129. The van der Waals surface area contributed by atoms with E-state index in [2.05, 4.69) is 20.5 Å². The van der Waals surface area contributed by atoms with Gasteiger partial charge in [-0.2, -0.15) is 0 Å². The Bertz CT molecular complexity index is 937. The molecular formula is C24H29FN4O3. The molecule has 2 aromatic rings. The van der Waals surface area contributed by atoms with Gasteiger partial charge in [-0.3, -0.25) is 9.59 Å². The van der Waals surface area contributed by atoms with Crippen molar-refractivity contribution in [3.8, 4) is 0 Å². The van der Waals surface area contributed by atoms with Crippen LogP contribution in [0.5, 0.6) is 0 Å². The summed E-state index contributed by atoms with van der Waals surface area (Å²) >= 11 is 0. The van der Waals surface area contributed by atoms with Crippen LogP contribution in [0, 0.1) is 11.7 Å². The van der Waals surface area contributed by atoms with Crippen LogP contribution in [0.1, 0.15) is 48.9 Å². The standard InChI is InChI=1S/C24H29FN4O3/c25-19-13-18(14-21(15-19)28-23(30)17-7-11-32-12-8-17)24(31)27-20-5-6-22(26-16-20)29-9-3-1-2-4-10-29/h5-6,13-17H,1-4,7-12H2,(H,27,31)(H,28,30). The van der Waals surface area contributed by atoms with Crippen molar-refractivity contribution < 1.29 is 18.7 Å². The van der Waals surface area contributed by atoms with Crippen LogP contribution in [0.3, 0.4) is 0 Å². The summed E-state index contributed by atoms with van der Waals surface area (Å²) in [6.45, 7) is 3.06. The number of ether oxygens (including phenoxy) is 1. The molecule has 2 aliphatic rings. The first-order valence-electron chi connectivity index (χ1n) is 11.3. The Hall–Kier alpha value is -3.00. The number of hydrogen-bond acceptors (Lipinski definition) is 5. The minimum Gasteiger partial charge on any atom is -0.381 e. The van der Waals surface area contributed by atoms with Crippen molar-refractivity contribution >= 4 is 29.0 Å². The number of hydrogen-bond donors (Lipinski definition) is 2. The highest BCUT2D eigenvalue weighted by Crippen LogP contribution is 2.22. The average Bonchev–Trinajstić information content (AvgIpc) is 3.09. The highest BCUT2D eigenvalue weighted by molar-refractivity contribution is 6.05. The summed E-state index contributed by atoms with van der Waals surface area (Å²) in [5, 5.41) is 5.48. The van der Waals surface area contributed by atoms with Gasteiger partial charge in [-0.15, -0.1) is 0 Å². The number of nitrogens with zero attached hydrogens (tertiary/aromatic N) is 2. The van der Waals surface area contributed by atoms with Crippen LogP contribution in [0.15, 0.2) is 36.5 Å². The van der Waals surface area contributed by atoms with Crippen molar-refractivity contribution in [2.24, 2.45) is 5.92 Å². The fraction of sp³-hybridized carbons (Fsp3) is 0.458. The van der Waals surface area contributed by atoms with Crippen LogP contribution in [-0.4, -0.2) is 43.1 Å². The number of nitrogens with one attached hydrogen (secondary N) is 2. The average molecular weight is 441 g/mol. The van der Waals surface area contributed by atoms with Gasteiger partial charge < -0.3 is 20.3 Å². The molecule has 0 unspecified atom stereocenters. The molecule has 2 aliphatic heterocycles. The van der Waals surface area contributed by atoms with Crippen molar-refractivity contribution in [2.45, 2.75) is 38.5 Å². The Labute approximate surface area is 187 Å². The third-order valence-electron chi connectivity index (χ3n) is 5.96. The molecule has 0 aliphatic carbocycles. The Balaban J connectivity index is 1.40. The lowest BCUT2D eigenvalue weighted by Gasteiger charge is -2.21. The normalized spacial score (nSPS) is 17.5. The highest BCUT2D eigenvalue weighted by Gasteiger charge is 2.22. The summed E-state index contributed by atoms with van der Waals surface area (Å²) in [4.78, 5) is 31.9. The second kappa shape index (κ2) is 10.5. The Kier molecular flexibility index (Phi) is 7.32. The van der Waals surface area contributed by atoms with Crippen LogP contribution in [-0.2, 0) is 9.53 Å². The molecule has 0 bridgehead atoms. The predicted molar refractivity (Wildman–Crippen MR) is 121 cm³/mol. The number of halogens is 1. The first kappa shape index (κ1) is 22.2. The smallest absolute Gasteiger partial charge is 0.255 e. The van der Waals surface area contributed by atoms with Crippen molar-refractivity contribution in [3.63, 3.8) is 0 Å². The van der Waals surface area contributed by atoms with Gasteiger partial charge in [0.1, 0.15) is 11.6 Å². The molecule has 0 radical (unpaired) electrons. The van der Waals surface area contributed by atoms with Gasteiger partial charge in [0, 0.05) is 43.5 Å². The third kappa shape index (κ3) is 5.82. The Morgan fingerprint density at radius 1 is 0.969 bits per heavy atom. The van der Waals surface area contributed by atoms with Crippen molar-refractivity contribution in [1.29, 1.82) is 0 Å². The zero-order valence-corrected chi connectivity index (χ0v) is 18.1. The van der Waals surface area contributed by atoms with E-state index in [0.717, 1.165) is 37.8 Å². The molecule has 8 heteroatoms. The second-order valence-electron chi connectivity index (χ2n) is 8.36. The van der Waals surface area contributed by atoms with E-state index in [4.69, 9.17) is 4.74 Å². The van der Waals surface area contributed by atoms with E-state index < -0.39 is 11.7 Å². The summed E-state index contributed by atoms with van der Waals surface area (Å²) in [5.41, 5.74) is 0.927. The van der Waals surface area contributed by atoms with E-state index in [0.29, 0.717) is 31.7 Å². The zero-order chi connectivity index (χ0) is 22.3. The molecule has 32 heavy (non-hydrogen) atoms. The van der Waals surface area contributed by atoms with Crippen LogP contribution in [0.4, 0.5) is 21.6 Å². The molecule has 170 valence electrons. The monoisotopic (exact) mass is 440 g/mol. The molecule has 4 rings (SSSR count). The molecule has 3 heterocycles. The number of pyridine rings is 1. The number of amides is 2. The Morgan fingerprint density at radius 2 is 1.72 bits per heavy atom. The number of carbonyl (C=O) groups is 2. The van der Waals surface area contributed by atoms with Crippen LogP contribution >= 0.6 is 0 Å². The number of rotatable bonds is 5. The number of carbonyl (C=O) groups excluding carboxylic acids is 2. The molecule has 2 amide bonds. The van der Waals surface area contributed by atoms with Gasteiger partial charge in [-0.05, 0) is 56.0 Å². The maximum Gasteiger partial charge on any atom is 0.255 e. The van der Waals surface area contributed by atoms with E-state index in [1.165, 1.54) is 25.0 Å². The van der Waals surface area contributed by atoms with E-state index >= 15 is 0 Å². The Morgan fingerprint density at radius 3 is 2.41 bits per heavy atom. The predicted octanol–water partition coefficient (Wildman–Crippen LogP) is 4.22. The zero-order valence-electron chi connectivity index (χ0n) is 18.1. The highest BCUT2D eigenvalue weighted by atomic mass is 19.1. The topological polar surface area (TPSA) is 83.6 Å². The van der Waals surface area contributed by atoms with E-state index in [9.17, 15) is 14.0 Å². The van der Waals surface area contributed by atoms with E-state index in [1.807, 2.05) is 6.07 Å². The minimum atomic E-state index is -0.588. The second-order valence-corrected chi connectivity index (χ2v) is 8.36. The third-order valence-corrected chi connectivity index (χ3v) is 5.96. The van der Waals surface area contributed by atoms with Gasteiger partial charge in [0.15, 0.2) is 0 Å². The summed E-state index contributed by atoms with van der Waals surface area (Å²) in [5.74, 6) is -0.504. The number of aromatic nitrogens is 1. The van der Waals surface area contributed by atoms with Gasteiger partial charge >= 0.3 is 0 Å². The van der Waals surface area contributed by atoms with Gasteiger partial charge in [0.05, 0.1) is 11.9 Å². The molecule has 2 fully saturated rings. The summed E-state index contributed by atoms with van der Waals surface area (Å²) < 4.78 is 19.4. The summed E-state index contributed by atoms with van der Waals surface area (Å²) in [7, 11) is 0. The lowest BCUT2D eigenvalue weighted by atomic mass is 9.99. The SMILES string of the molecule is O=C(Nc1ccc(N2CCCCCC2)nc1)c1cc(F)cc(NC(=O)C2CCOCC2)c1. The van der Waals surface area contributed by atoms with Gasteiger partial charge in [-0.1, -0.05) is 12.8 Å². The molecule has 7 nitrogen and oxygen atoms in total. The number of benzene rings is 1. The molecule has 1 aromatic carbocycles.